The molecule has 0 aromatic heterocycles. The maximum Gasteiger partial charge on any atom is 0.0477 e. The Morgan fingerprint density at radius 2 is 2.20 bits per heavy atom. The van der Waals surface area contributed by atoms with E-state index in [1.807, 2.05) is 30.0 Å². The van der Waals surface area contributed by atoms with Gasteiger partial charge in [-0.2, -0.15) is 11.8 Å². The molecule has 0 bridgehead atoms. The first-order valence-electron chi connectivity index (χ1n) is 5.02. The minimum Gasteiger partial charge on any atom is -0.399 e. The summed E-state index contributed by atoms with van der Waals surface area (Å²) in [5, 5.41) is 3.43. The average Bonchev–Trinajstić information content (AvgIpc) is 2.20. The van der Waals surface area contributed by atoms with Crippen LogP contribution in [0.15, 0.2) is 18.2 Å². The summed E-state index contributed by atoms with van der Waals surface area (Å²) in [5.74, 6) is 1.25. The zero-order valence-corrected chi connectivity index (χ0v) is 11.9. The molecule has 0 aliphatic carbocycles. The Hall–Kier alpha value is -0.100. The quantitative estimate of drug-likeness (QED) is 0.475. The predicted octanol–water partition coefficient (Wildman–Crippen LogP) is 3.43. The standard InChI is InChI=1S/C11H17IN2S/c1-15-7-3-2-6-14-11-5-4-9(13)8-10(11)12/h4-5,8,14H,2-3,6-7,13H2,1H3. The number of benzene rings is 1. The summed E-state index contributed by atoms with van der Waals surface area (Å²) < 4.78 is 1.19. The van der Waals surface area contributed by atoms with Crippen molar-refractivity contribution in [2.75, 3.05) is 29.6 Å². The van der Waals surface area contributed by atoms with Gasteiger partial charge in [0.05, 0.1) is 0 Å². The van der Waals surface area contributed by atoms with E-state index in [1.165, 1.54) is 27.9 Å². The van der Waals surface area contributed by atoms with Crippen molar-refractivity contribution < 1.29 is 0 Å². The molecule has 0 radical (unpaired) electrons. The van der Waals surface area contributed by atoms with Crippen LogP contribution in [0.5, 0.6) is 0 Å². The van der Waals surface area contributed by atoms with Crippen LogP contribution in [0.2, 0.25) is 0 Å². The van der Waals surface area contributed by atoms with Crippen molar-refractivity contribution in [3.8, 4) is 0 Å². The molecule has 2 nitrogen and oxygen atoms in total. The number of thioether (sulfide) groups is 1. The molecule has 15 heavy (non-hydrogen) atoms. The number of unbranched alkanes of at least 4 members (excludes halogenated alkanes) is 1. The van der Waals surface area contributed by atoms with Crippen molar-refractivity contribution >= 4 is 45.7 Å². The Bertz CT molecular complexity index is 305. The summed E-state index contributed by atoms with van der Waals surface area (Å²) >= 11 is 4.22. The lowest BCUT2D eigenvalue weighted by molar-refractivity contribution is 0.843. The van der Waals surface area contributed by atoms with Crippen LogP contribution in [0.25, 0.3) is 0 Å². The Labute approximate surface area is 110 Å². The van der Waals surface area contributed by atoms with Crippen molar-refractivity contribution in [2.24, 2.45) is 0 Å². The Morgan fingerprint density at radius 1 is 1.40 bits per heavy atom. The third-order valence-electron chi connectivity index (χ3n) is 2.08. The second kappa shape index (κ2) is 7.22. The SMILES string of the molecule is CSCCCCNc1ccc(N)cc1I. The van der Waals surface area contributed by atoms with Crippen LogP contribution in [0.4, 0.5) is 11.4 Å². The second-order valence-corrected chi connectivity index (χ2v) is 5.51. The maximum atomic E-state index is 5.69. The minimum absolute atomic E-state index is 0.826. The van der Waals surface area contributed by atoms with Gasteiger partial charge in [0.1, 0.15) is 0 Å². The highest BCUT2D eigenvalue weighted by Gasteiger charge is 1.98. The molecule has 0 spiro atoms. The topological polar surface area (TPSA) is 38.0 Å². The van der Waals surface area contributed by atoms with E-state index in [-0.39, 0.29) is 0 Å². The van der Waals surface area contributed by atoms with Crippen molar-refractivity contribution in [2.45, 2.75) is 12.8 Å². The first-order valence-corrected chi connectivity index (χ1v) is 7.49. The fraction of sp³-hybridized carbons (Fsp3) is 0.455. The number of hydrogen-bond donors (Lipinski definition) is 2. The van der Waals surface area contributed by atoms with E-state index in [4.69, 9.17) is 5.73 Å². The number of anilines is 2. The largest absolute Gasteiger partial charge is 0.399 e. The molecule has 0 aliphatic rings. The first-order chi connectivity index (χ1) is 7.24. The predicted molar refractivity (Wildman–Crippen MR) is 79.7 cm³/mol. The Kier molecular flexibility index (Phi) is 6.24. The molecule has 0 heterocycles. The second-order valence-electron chi connectivity index (χ2n) is 3.37. The molecule has 0 saturated carbocycles. The summed E-state index contributed by atoms with van der Waals surface area (Å²) in [5.41, 5.74) is 7.70. The van der Waals surface area contributed by atoms with Crippen molar-refractivity contribution in [3.05, 3.63) is 21.8 Å². The van der Waals surface area contributed by atoms with Gasteiger partial charge in [0, 0.05) is 21.5 Å². The fourth-order valence-electron chi connectivity index (χ4n) is 1.27. The lowest BCUT2D eigenvalue weighted by Gasteiger charge is -2.08. The van der Waals surface area contributed by atoms with Crippen LogP contribution in [0, 0.1) is 3.57 Å². The fourth-order valence-corrected chi connectivity index (χ4v) is 2.49. The third kappa shape index (κ3) is 4.97. The average molecular weight is 336 g/mol. The van der Waals surface area contributed by atoms with Gasteiger partial charge in [-0.15, -0.1) is 0 Å². The van der Waals surface area contributed by atoms with Crippen LogP contribution in [-0.4, -0.2) is 18.6 Å². The third-order valence-corrected chi connectivity index (χ3v) is 3.67. The number of rotatable bonds is 6. The van der Waals surface area contributed by atoms with Gasteiger partial charge in [0.15, 0.2) is 0 Å². The van der Waals surface area contributed by atoms with Gasteiger partial charge in [0.2, 0.25) is 0 Å². The van der Waals surface area contributed by atoms with Gasteiger partial charge < -0.3 is 11.1 Å². The maximum absolute atomic E-state index is 5.69. The van der Waals surface area contributed by atoms with Gasteiger partial charge in [0.25, 0.3) is 0 Å². The zero-order valence-electron chi connectivity index (χ0n) is 8.92. The minimum atomic E-state index is 0.826. The molecule has 0 amide bonds. The van der Waals surface area contributed by atoms with E-state index >= 15 is 0 Å². The number of nitrogens with one attached hydrogen (secondary N) is 1. The van der Waals surface area contributed by atoms with Crippen LogP contribution in [-0.2, 0) is 0 Å². The van der Waals surface area contributed by atoms with Crippen LogP contribution < -0.4 is 11.1 Å². The molecule has 1 rings (SSSR count). The molecule has 1 aromatic rings. The van der Waals surface area contributed by atoms with E-state index in [0.29, 0.717) is 0 Å². The van der Waals surface area contributed by atoms with E-state index in [0.717, 1.165) is 12.2 Å². The van der Waals surface area contributed by atoms with E-state index in [1.54, 1.807) is 0 Å². The Morgan fingerprint density at radius 3 is 2.87 bits per heavy atom. The molecule has 4 heteroatoms. The van der Waals surface area contributed by atoms with Gasteiger partial charge in [-0.3, -0.25) is 0 Å². The molecule has 0 aliphatic heterocycles. The normalized spacial score (nSPS) is 10.3. The molecular weight excluding hydrogens is 319 g/mol. The van der Waals surface area contributed by atoms with Crippen molar-refractivity contribution in [3.63, 3.8) is 0 Å². The number of hydrogen-bond acceptors (Lipinski definition) is 3. The summed E-state index contributed by atoms with van der Waals surface area (Å²) in [4.78, 5) is 0. The number of halogens is 1. The van der Waals surface area contributed by atoms with Crippen molar-refractivity contribution in [1.29, 1.82) is 0 Å². The lowest BCUT2D eigenvalue weighted by Crippen LogP contribution is -2.03. The van der Waals surface area contributed by atoms with Gasteiger partial charge >= 0.3 is 0 Å². The molecule has 0 unspecified atom stereocenters. The molecule has 0 atom stereocenters. The molecular formula is C11H17IN2S. The lowest BCUT2D eigenvalue weighted by atomic mass is 10.2. The van der Waals surface area contributed by atoms with E-state index in [9.17, 15) is 0 Å². The van der Waals surface area contributed by atoms with Crippen molar-refractivity contribution in [1.82, 2.24) is 0 Å². The van der Waals surface area contributed by atoms with Gasteiger partial charge in [-0.05, 0) is 65.6 Å². The highest BCUT2D eigenvalue weighted by atomic mass is 127. The molecule has 0 saturated heterocycles. The molecule has 0 fully saturated rings. The first kappa shape index (κ1) is 13.0. The molecule has 3 N–H and O–H groups in total. The van der Waals surface area contributed by atoms with E-state index < -0.39 is 0 Å². The summed E-state index contributed by atoms with van der Waals surface area (Å²) in [6.45, 7) is 1.04. The Balaban J connectivity index is 2.31. The highest BCUT2D eigenvalue weighted by molar-refractivity contribution is 14.1. The summed E-state index contributed by atoms with van der Waals surface area (Å²) in [7, 11) is 0. The van der Waals surface area contributed by atoms with Crippen LogP contribution in [0.3, 0.4) is 0 Å². The molecule has 84 valence electrons. The summed E-state index contributed by atoms with van der Waals surface area (Å²) in [6.07, 6.45) is 4.65. The number of nitrogens with two attached hydrogens (primary N) is 1. The smallest absolute Gasteiger partial charge is 0.0477 e. The van der Waals surface area contributed by atoms with E-state index in [2.05, 4.69) is 34.2 Å². The highest BCUT2D eigenvalue weighted by Crippen LogP contribution is 2.20. The zero-order chi connectivity index (χ0) is 11.1. The monoisotopic (exact) mass is 336 g/mol. The number of nitrogen functional groups attached to an aromatic ring is 1. The van der Waals surface area contributed by atoms with Gasteiger partial charge in [-0.1, -0.05) is 0 Å². The van der Waals surface area contributed by atoms with Gasteiger partial charge in [-0.25, -0.2) is 0 Å². The summed E-state index contributed by atoms with van der Waals surface area (Å²) in [6, 6.07) is 5.98. The van der Waals surface area contributed by atoms with Crippen LogP contribution in [0.1, 0.15) is 12.8 Å². The molecule has 1 aromatic carbocycles. The van der Waals surface area contributed by atoms with Crippen LogP contribution >= 0.6 is 34.4 Å².